The molecule has 2 rings (SSSR count). The minimum Gasteiger partial charge on any atom is -0.353 e. The van der Waals surface area contributed by atoms with E-state index in [4.69, 9.17) is 5.26 Å². The van der Waals surface area contributed by atoms with Gasteiger partial charge in [-0.15, -0.1) is 0 Å². The lowest BCUT2D eigenvalue weighted by molar-refractivity contribution is -0.127. The largest absolute Gasteiger partial charge is 0.353 e. The van der Waals surface area contributed by atoms with Crippen LogP contribution in [0.4, 0.5) is 0 Å². The lowest BCUT2D eigenvalue weighted by Gasteiger charge is -2.34. The number of hydrogen-bond donors (Lipinski definition) is 1. The molecule has 7 nitrogen and oxygen atoms in total. The van der Waals surface area contributed by atoms with Gasteiger partial charge in [0.15, 0.2) is 0 Å². The van der Waals surface area contributed by atoms with Crippen molar-refractivity contribution in [1.82, 2.24) is 13.9 Å². The van der Waals surface area contributed by atoms with Crippen LogP contribution in [0.3, 0.4) is 0 Å². The highest BCUT2D eigenvalue weighted by atomic mass is 32.2. The van der Waals surface area contributed by atoms with Gasteiger partial charge in [0.25, 0.3) is 10.2 Å². The first kappa shape index (κ1) is 19.2. The van der Waals surface area contributed by atoms with Crippen LogP contribution >= 0.6 is 0 Å². The number of amides is 1. The van der Waals surface area contributed by atoms with Crippen LogP contribution in [0.5, 0.6) is 0 Å². The van der Waals surface area contributed by atoms with Gasteiger partial charge in [0.05, 0.1) is 6.07 Å². The number of nitrogens with one attached hydrogen (secondary N) is 1. The minimum atomic E-state index is -3.53. The van der Waals surface area contributed by atoms with E-state index in [1.54, 1.807) is 0 Å². The summed E-state index contributed by atoms with van der Waals surface area (Å²) < 4.78 is 27.5. The first-order valence-electron chi connectivity index (χ1n) is 8.84. The molecule has 2 aliphatic rings. The first-order chi connectivity index (χ1) is 11.4. The fourth-order valence-electron chi connectivity index (χ4n) is 3.43. The van der Waals surface area contributed by atoms with Gasteiger partial charge in [-0.2, -0.15) is 22.3 Å². The highest BCUT2D eigenvalue weighted by molar-refractivity contribution is 7.86. The van der Waals surface area contributed by atoms with Crippen molar-refractivity contribution in [3.8, 4) is 6.07 Å². The molecule has 136 valence electrons. The molecule has 24 heavy (non-hydrogen) atoms. The SMILES string of the molecule is CN(CCC#N)S(=O)(=O)N1CCC(C(=O)NC2CCCCC2)CC1. The van der Waals surface area contributed by atoms with Crippen LogP contribution < -0.4 is 5.32 Å². The Morgan fingerprint density at radius 3 is 2.42 bits per heavy atom. The molecule has 1 aliphatic heterocycles. The predicted molar refractivity (Wildman–Crippen MR) is 91.1 cm³/mol. The quantitative estimate of drug-likeness (QED) is 0.775. The van der Waals surface area contributed by atoms with Gasteiger partial charge in [-0.05, 0) is 25.7 Å². The smallest absolute Gasteiger partial charge is 0.281 e. The van der Waals surface area contributed by atoms with Crippen LogP contribution in [0.15, 0.2) is 0 Å². The number of hydrogen-bond acceptors (Lipinski definition) is 4. The molecule has 8 heteroatoms. The monoisotopic (exact) mass is 356 g/mol. The van der Waals surface area contributed by atoms with E-state index < -0.39 is 10.2 Å². The van der Waals surface area contributed by atoms with Crippen molar-refractivity contribution in [2.75, 3.05) is 26.7 Å². The fourth-order valence-corrected chi connectivity index (χ4v) is 4.82. The number of carbonyl (C=O) groups excluding carboxylic acids is 1. The number of nitrogens with zero attached hydrogens (tertiary/aromatic N) is 3. The van der Waals surface area contributed by atoms with E-state index in [9.17, 15) is 13.2 Å². The molecule has 1 heterocycles. The molecule has 0 aromatic carbocycles. The maximum Gasteiger partial charge on any atom is 0.281 e. The molecule has 0 radical (unpaired) electrons. The topological polar surface area (TPSA) is 93.5 Å². The van der Waals surface area contributed by atoms with Gasteiger partial charge in [0.1, 0.15) is 0 Å². The van der Waals surface area contributed by atoms with E-state index in [1.807, 2.05) is 6.07 Å². The molecule has 0 aromatic heterocycles. The second-order valence-electron chi connectivity index (χ2n) is 6.75. The van der Waals surface area contributed by atoms with Crippen molar-refractivity contribution >= 4 is 16.1 Å². The van der Waals surface area contributed by atoms with Gasteiger partial charge < -0.3 is 5.32 Å². The van der Waals surface area contributed by atoms with Crippen molar-refractivity contribution in [1.29, 1.82) is 5.26 Å². The van der Waals surface area contributed by atoms with Crippen molar-refractivity contribution in [3.05, 3.63) is 0 Å². The minimum absolute atomic E-state index is 0.0804. The summed E-state index contributed by atoms with van der Waals surface area (Å²) in [6, 6.07) is 2.25. The molecular formula is C16H28N4O3S. The summed E-state index contributed by atoms with van der Waals surface area (Å²) in [5, 5.41) is 11.7. The van der Waals surface area contributed by atoms with E-state index in [0.717, 1.165) is 12.8 Å². The lowest BCUT2D eigenvalue weighted by Crippen LogP contribution is -2.49. The zero-order valence-electron chi connectivity index (χ0n) is 14.4. The number of rotatable bonds is 6. The number of carbonyl (C=O) groups is 1. The van der Waals surface area contributed by atoms with Crippen LogP contribution in [-0.4, -0.2) is 55.7 Å². The Morgan fingerprint density at radius 2 is 1.83 bits per heavy atom. The third-order valence-electron chi connectivity index (χ3n) is 5.03. The Hall–Kier alpha value is -1.17. The highest BCUT2D eigenvalue weighted by Crippen LogP contribution is 2.23. The van der Waals surface area contributed by atoms with Gasteiger partial charge >= 0.3 is 0 Å². The Kier molecular flexibility index (Phi) is 7.02. The van der Waals surface area contributed by atoms with Crippen LogP contribution in [0.25, 0.3) is 0 Å². The Morgan fingerprint density at radius 1 is 1.21 bits per heavy atom. The second-order valence-corrected chi connectivity index (χ2v) is 8.79. The third-order valence-corrected chi connectivity index (χ3v) is 7.02. The summed E-state index contributed by atoms with van der Waals surface area (Å²) in [5.41, 5.74) is 0. The van der Waals surface area contributed by atoms with Gasteiger partial charge in [-0.1, -0.05) is 19.3 Å². The van der Waals surface area contributed by atoms with E-state index >= 15 is 0 Å². The molecule has 0 atom stereocenters. The molecule has 2 fully saturated rings. The maximum absolute atomic E-state index is 12.4. The molecule has 1 saturated heterocycles. The van der Waals surface area contributed by atoms with Gasteiger partial charge in [-0.25, -0.2) is 0 Å². The zero-order chi connectivity index (χ0) is 17.6. The molecule has 0 unspecified atom stereocenters. The summed E-state index contributed by atoms with van der Waals surface area (Å²) in [5.74, 6) is -0.0143. The molecule has 1 saturated carbocycles. The number of piperidine rings is 1. The summed E-state index contributed by atoms with van der Waals surface area (Å²) in [6.45, 7) is 0.922. The average molecular weight is 356 g/mol. The van der Waals surface area contributed by atoms with Gasteiger partial charge in [0.2, 0.25) is 5.91 Å². The van der Waals surface area contributed by atoms with Gasteiger partial charge in [-0.3, -0.25) is 4.79 Å². The Balaban J connectivity index is 1.81. The Labute approximate surface area is 145 Å². The molecular weight excluding hydrogens is 328 g/mol. The van der Waals surface area contributed by atoms with Gasteiger partial charge in [0, 0.05) is 45.1 Å². The highest BCUT2D eigenvalue weighted by Gasteiger charge is 2.33. The van der Waals surface area contributed by atoms with E-state index in [2.05, 4.69) is 5.32 Å². The van der Waals surface area contributed by atoms with Crippen LogP contribution in [0.2, 0.25) is 0 Å². The standard InChI is InChI=1S/C16H28N4O3S/c1-19(11-5-10-17)24(22,23)20-12-8-14(9-13-20)16(21)18-15-6-3-2-4-7-15/h14-15H,2-9,11-13H2,1H3,(H,18,21). The Bertz CT molecular complexity index is 558. The molecule has 0 bridgehead atoms. The summed E-state index contributed by atoms with van der Waals surface area (Å²) in [6.07, 6.45) is 7.02. The first-order valence-corrected chi connectivity index (χ1v) is 10.2. The number of nitriles is 1. The molecule has 1 aliphatic carbocycles. The summed E-state index contributed by atoms with van der Waals surface area (Å²) >= 11 is 0. The third kappa shape index (κ3) is 4.91. The second kappa shape index (κ2) is 8.79. The summed E-state index contributed by atoms with van der Waals surface area (Å²) in [7, 11) is -2.03. The van der Waals surface area contributed by atoms with Crippen molar-refractivity contribution in [2.24, 2.45) is 5.92 Å². The average Bonchev–Trinajstić information content (AvgIpc) is 2.60. The predicted octanol–water partition coefficient (Wildman–Crippen LogP) is 1.24. The van der Waals surface area contributed by atoms with E-state index in [0.29, 0.717) is 32.0 Å². The zero-order valence-corrected chi connectivity index (χ0v) is 15.2. The van der Waals surface area contributed by atoms with Crippen molar-refractivity contribution in [2.45, 2.75) is 57.4 Å². The normalized spacial score (nSPS) is 21.5. The summed E-state index contributed by atoms with van der Waals surface area (Å²) in [4.78, 5) is 12.4. The lowest BCUT2D eigenvalue weighted by atomic mass is 9.93. The van der Waals surface area contributed by atoms with Crippen LogP contribution in [-0.2, 0) is 15.0 Å². The maximum atomic E-state index is 12.4. The van der Waals surface area contributed by atoms with Crippen LogP contribution in [0.1, 0.15) is 51.4 Å². The fraction of sp³-hybridized carbons (Fsp3) is 0.875. The molecule has 1 amide bonds. The molecule has 0 aromatic rings. The van der Waals surface area contributed by atoms with Crippen LogP contribution in [0, 0.1) is 17.2 Å². The van der Waals surface area contributed by atoms with E-state index in [-0.39, 0.29) is 24.8 Å². The van der Waals surface area contributed by atoms with E-state index in [1.165, 1.54) is 34.9 Å². The van der Waals surface area contributed by atoms with Crippen molar-refractivity contribution in [3.63, 3.8) is 0 Å². The van der Waals surface area contributed by atoms with Crippen molar-refractivity contribution < 1.29 is 13.2 Å². The molecule has 0 spiro atoms. The molecule has 1 N–H and O–H groups in total.